The van der Waals surface area contributed by atoms with Crippen molar-refractivity contribution >= 4 is 23.4 Å². The molecule has 0 radical (unpaired) electrons. The minimum Gasteiger partial charge on any atom is -0.341 e. The molecule has 1 saturated heterocycles. The van der Waals surface area contributed by atoms with Gasteiger partial charge in [-0.2, -0.15) is 0 Å². The molecule has 0 aromatic heterocycles. The highest BCUT2D eigenvalue weighted by atomic mass is 35.5. The average molecular weight is 366 g/mol. The van der Waals surface area contributed by atoms with E-state index in [-0.39, 0.29) is 17.7 Å². The number of benzene rings is 1. The number of hydrogen-bond donors (Lipinski definition) is 2. The van der Waals surface area contributed by atoms with Gasteiger partial charge < -0.3 is 15.5 Å². The smallest absolute Gasteiger partial charge is 0.253 e. The SMILES string of the molecule is CNCC1CCN(C(=O)C(NC(=O)c2ccccc2Cl)C(C)C)CC1. The van der Waals surface area contributed by atoms with Gasteiger partial charge in [-0.15, -0.1) is 0 Å². The maximum atomic E-state index is 12.9. The standard InChI is InChI=1S/C19H28ClN3O2/c1-13(2)17(22-18(24)15-6-4-5-7-16(15)20)19(25)23-10-8-14(9-11-23)12-21-3/h4-7,13-14,17,21H,8-12H2,1-3H3,(H,22,24). The minimum atomic E-state index is -0.537. The Bertz CT molecular complexity index is 598. The van der Waals surface area contributed by atoms with Crippen LogP contribution in [0.15, 0.2) is 24.3 Å². The molecule has 2 N–H and O–H groups in total. The molecule has 138 valence electrons. The summed E-state index contributed by atoms with van der Waals surface area (Å²) >= 11 is 6.09. The molecule has 1 aromatic carbocycles. The van der Waals surface area contributed by atoms with Crippen LogP contribution in [0.1, 0.15) is 37.0 Å². The van der Waals surface area contributed by atoms with Gasteiger partial charge in [0.1, 0.15) is 6.04 Å². The molecule has 0 bridgehead atoms. The summed E-state index contributed by atoms with van der Waals surface area (Å²) in [7, 11) is 1.95. The van der Waals surface area contributed by atoms with Crippen LogP contribution in [0.25, 0.3) is 0 Å². The summed E-state index contributed by atoms with van der Waals surface area (Å²) in [5, 5.41) is 6.47. The Hall–Kier alpha value is -1.59. The number of halogens is 1. The summed E-state index contributed by atoms with van der Waals surface area (Å²) in [5.41, 5.74) is 0.398. The van der Waals surface area contributed by atoms with Crippen molar-refractivity contribution in [3.8, 4) is 0 Å². The van der Waals surface area contributed by atoms with Crippen LogP contribution >= 0.6 is 11.6 Å². The van der Waals surface area contributed by atoms with Crippen LogP contribution in [-0.4, -0.2) is 49.4 Å². The van der Waals surface area contributed by atoms with Gasteiger partial charge in [-0.25, -0.2) is 0 Å². The highest BCUT2D eigenvalue weighted by Gasteiger charge is 2.31. The third kappa shape index (κ3) is 5.19. The summed E-state index contributed by atoms with van der Waals surface area (Å²) in [6.45, 7) is 6.37. The zero-order valence-electron chi connectivity index (χ0n) is 15.2. The Morgan fingerprint density at radius 2 is 1.88 bits per heavy atom. The third-order valence-corrected chi connectivity index (χ3v) is 5.09. The summed E-state index contributed by atoms with van der Waals surface area (Å²) in [6, 6.07) is 6.35. The second kappa shape index (κ2) is 9.20. The van der Waals surface area contributed by atoms with Crippen molar-refractivity contribution in [1.29, 1.82) is 0 Å². The predicted molar refractivity (Wildman–Crippen MR) is 101 cm³/mol. The summed E-state index contributed by atoms with van der Waals surface area (Å²) in [5.74, 6) is 0.319. The molecule has 25 heavy (non-hydrogen) atoms. The minimum absolute atomic E-state index is 0.00156. The van der Waals surface area contributed by atoms with Gasteiger partial charge in [0.05, 0.1) is 10.6 Å². The number of nitrogens with one attached hydrogen (secondary N) is 2. The van der Waals surface area contributed by atoms with Gasteiger partial charge >= 0.3 is 0 Å². The Balaban J connectivity index is 2.02. The second-order valence-electron chi connectivity index (χ2n) is 7.00. The number of amides is 2. The van der Waals surface area contributed by atoms with Crippen molar-refractivity contribution in [1.82, 2.24) is 15.5 Å². The lowest BCUT2D eigenvalue weighted by Gasteiger charge is -2.35. The maximum Gasteiger partial charge on any atom is 0.253 e. The normalized spacial score (nSPS) is 16.8. The predicted octanol–water partition coefficient (Wildman–Crippen LogP) is 2.55. The molecule has 1 fully saturated rings. The number of carbonyl (C=O) groups excluding carboxylic acids is 2. The monoisotopic (exact) mass is 365 g/mol. The lowest BCUT2D eigenvalue weighted by Crippen LogP contribution is -2.53. The van der Waals surface area contributed by atoms with Crippen molar-refractivity contribution in [2.45, 2.75) is 32.7 Å². The molecule has 0 spiro atoms. The molecule has 6 heteroatoms. The lowest BCUT2D eigenvalue weighted by atomic mass is 9.95. The first-order valence-electron chi connectivity index (χ1n) is 8.92. The van der Waals surface area contributed by atoms with Gasteiger partial charge in [-0.1, -0.05) is 37.6 Å². The quantitative estimate of drug-likeness (QED) is 0.814. The Kier molecular flexibility index (Phi) is 7.26. The molecule has 2 amide bonds. The summed E-state index contributed by atoms with van der Waals surface area (Å²) in [6.07, 6.45) is 1.99. The fourth-order valence-electron chi connectivity index (χ4n) is 3.22. The van der Waals surface area contributed by atoms with E-state index in [0.29, 0.717) is 16.5 Å². The molecule has 1 atom stereocenters. The Morgan fingerprint density at radius 1 is 1.24 bits per heavy atom. The topological polar surface area (TPSA) is 61.4 Å². The first-order valence-corrected chi connectivity index (χ1v) is 9.30. The Morgan fingerprint density at radius 3 is 2.44 bits per heavy atom. The van der Waals surface area contributed by atoms with Crippen molar-refractivity contribution in [2.75, 3.05) is 26.7 Å². The van der Waals surface area contributed by atoms with E-state index >= 15 is 0 Å². The van der Waals surface area contributed by atoms with Crippen molar-refractivity contribution in [3.05, 3.63) is 34.9 Å². The first kappa shape index (κ1) is 19.7. The molecular weight excluding hydrogens is 338 g/mol. The van der Waals surface area contributed by atoms with E-state index in [1.807, 2.05) is 25.8 Å². The van der Waals surface area contributed by atoms with Crippen LogP contribution in [0.2, 0.25) is 5.02 Å². The van der Waals surface area contributed by atoms with E-state index in [1.165, 1.54) is 0 Å². The van der Waals surface area contributed by atoms with E-state index in [0.717, 1.165) is 32.5 Å². The molecule has 1 heterocycles. The number of piperidine rings is 1. The van der Waals surface area contributed by atoms with Gasteiger partial charge in [0.2, 0.25) is 5.91 Å². The number of nitrogens with zero attached hydrogens (tertiary/aromatic N) is 1. The maximum absolute atomic E-state index is 12.9. The van der Waals surface area contributed by atoms with Crippen LogP contribution < -0.4 is 10.6 Å². The third-order valence-electron chi connectivity index (χ3n) is 4.76. The molecule has 1 aliphatic heterocycles. The van der Waals surface area contributed by atoms with Crippen molar-refractivity contribution in [3.63, 3.8) is 0 Å². The van der Waals surface area contributed by atoms with Crippen molar-refractivity contribution in [2.24, 2.45) is 11.8 Å². The number of rotatable bonds is 6. The zero-order chi connectivity index (χ0) is 18.4. The molecule has 1 aromatic rings. The zero-order valence-corrected chi connectivity index (χ0v) is 16.0. The largest absolute Gasteiger partial charge is 0.341 e. The summed E-state index contributed by atoms with van der Waals surface area (Å²) < 4.78 is 0. The average Bonchev–Trinajstić information content (AvgIpc) is 2.60. The van der Waals surface area contributed by atoms with Gasteiger partial charge in [-0.05, 0) is 50.4 Å². The van der Waals surface area contributed by atoms with Crippen LogP contribution in [-0.2, 0) is 4.79 Å². The first-order chi connectivity index (χ1) is 11.9. The number of carbonyl (C=O) groups is 2. The number of likely N-dealkylation sites (tertiary alicyclic amines) is 1. The van der Waals surface area contributed by atoms with Crippen LogP contribution in [0.4, 0.5) is 0 Å². The van der Waals surface area contributed by atoms with E-state index in [2.05, 4.69) is 10.6 Å². The lowest BCUT2D eigenvalue weighted by molar-refractivity contribution is -0.135. The van der Waals surface area contributed by atoms with E-state index in [9.17, 15) is 9.59 Å². The molecule has 1 unspecified atom stereocenters. The molecular formula is C19H28ClN3O2. The molecule has 2 rings (SSSR count). The highest BCUT2D eigenvalue weighted by Crippen LogP contribution is 2.20. The van der Waals surface area contributed by atoms with Gasteiger partial charge in [0.15, 0.2) is 0 Å². The van der Waals surface area contributed by atoms with Crippen molar-refractivity contribution < 1.29 is 9.59 Å². The molecule has 0 saturated carbocycles. The van der Waals surface area contributed by atoms with Gasteiger partial charge in [0.25, 0.3) is 5.91 Å². The Labute approximate surface area is 155 Å². The van der Waals surface area contributed by atoms with E-state index in [4.69, 9.17) is 11.6 Å². The highest BCUT2D eigenvalue weighted by molar-refractivity contribution is 6.33. The van der Waals surface area contributed by atoms with Crippen LogP contribution in [0, 0.1) is 11.8 Å². The van der Waals surface area contributed by atoms with Gasteiger partial charge in [-0.3, -0.25) is 9.59 Å². The molecule has 5 nitrogen and oxygen atoms in total. The summed E-state index contributed by atoms with van der Waals surface area (Å²) in [4.78, 5) is 27.3. The fraction of sp³-hybridized carbons (Fsp3) is 0.579. The molecule has 1 aliphatic rings. The molecule has 0 aliphatic carbocycles. The van der Waals surface area contributed by atoms with Crippen LogP contribution in [0.3, 0.4) is 0 Å². The van der Waals surface area contributed by atoms with E-state index < -0.39 is 6.04 Å². The van der Waals surface area contributed by atoms with Gasteiger partial charge in [0, 0.05) is 13.1 Å². The second-order valence-corrected chi connectivity index (χ2v) is 7.41. The number of hydrogen-bond acceptors (Lipinski definition) is 3. The fourth-order valence-corrected chi connectivity index (χ4v) is 3.44. The van der Waals surface area contributed by atoms with Crippen LogP contribution in [0.5, 0.6) is 0 Å². The van der Waals surface area contributed by atoms with E-state index in [1.54, 1.807) is 24.3 Å².